The number of phenolic OH excluding ortho intramolecular Hbond substituents is 1. The van der Waals surface area contributed by atoms with Crippen LogP contribution in [0.15, 0.2) is 24.3 Å². The molecule has 3 N–H and O–H groups in total. The lowest BCUT2D eigenvalue weighted by atomic mass is 10.0. The molecule has 1 atom stereocenters. The molecule has 1 unspecified atom stereocenters. The first-order chi connectivity index (χ1) is 8.61. The monoisotopic (exact) mass is 262 g/mol. The third-order valence-corrected chi connectivity index (χ3v) is 4.15. The van der Waals surface area contributed by atoms with E-state index in [9.17, 15) is 5.11 Å². The molecule has 0 spiro atoms. The van der Waals surface area contributed by atoms with Crippen molar-refractivity contribution < 1.29 is 5.11 Å². The van der Waals surface area contributed by atoms with Gasteiger partial charge in [0.25, 0.3) is 0 Å². The first-order valence-corrected chi connectivity index (χ1v) is 6.90. The minimum atomic E-state index is 0.280. The topological polar surface area (TPSA) is 59.1 Å². The van der Waals surface area contributed by atoms with Gasteiger partial charge in [-0.3, -0.25) is 0 Å². The smallest absolute Gasteiger partial charge is 0.115 e. The Balaban J connectivity index is 2.40. The van der Waals surface area contributed by atoms with Gasteiger partial charge in [0.05, 0.1) is 10.7 Å². The molecule has 18 heavy (non-hydrogen) atoms. The fraction of sp³-hybridized carbons (Fsp3) is 0.357. The fourth-order valence-electron chi connectivity index (χ4n) is 1.98. The summed E-state index contributed by atoms with van der Waals surface area (Å²) in [4.78, 5) is 5.89. The molecule has 1 aromatic heterocycles. The normalized spacial score (nSPS) is 12.6. The Kier molecular flexibility index (Phi) is 3.99. The second kappa shape index (κ2) is 5.50. The molecule has 0 saturated carbocycles. The van der Waals surface area contributed by atoms with E-state index >= 15 is 0 Å². The summed E-state index contributed by atoms with van der Waals surface area (Å²) in [6.07, 6.45) is 0.965. The molecule has 0 radical (unpaired) electrons. The number of aromatic nitrogens is 1. The SMILES string of the molecule is Cc1nc(-c2ccc(O)cc2)c(C(C)CCN)s1. The van der Waals surface area contributed by atoms with Gasteiger partial charge in [0, 0.05) is 10.4 Å². The van der Waals surface area contributed by atoms with Gasteiger partial charge in [0.2, 0.25) is 0 Å². The number of thiazole rings is 1. The van der Waals surface area contributed by atoms with Gasteiger partial charge in [-0.25, -0.2) is 4.98 Å². The molecular formula is C14H18N2OS. The number of phenols is 1. The van der Waals surface area contributed by atoms with E-state index in [2.05, 4.69) is 11.9 Å². The number of benzene rings is 1. The van der Waals surface area contributed by atoms with Crippen LogP contribution in [0.4, 0.5) is 0 Å². The summed E-state index contributed by atoms with van der Waals surface area (Å²) in [6, 6.07) is 7.20. The molecular weight excluding hydrogens is 244 g/mol. The number of nitrogens with two attached hydrogens (primary N) is 1. The van der Waals surface area contributed by atoms with Crippen molar-refractivity contribution in [2.45, 2.75) is 26.2 Å². The van der Waals surface area contributed by atoms with Crippen LogP contribution in [0.25, 0.3) is 11.3 Å². The van der Waals surface area contributed by atoms with E-state index in [1.165, 1.54) is 4.88 Å². The molecule has 0 aliphatic carbocycles. The average Bonchev–Trinajstić information content (AvgIpc) is 2.73. The van der Waals surface area contributed by atoms with E-state index in [1.807, 2.05) is 19.1 Å². The Labute approximate surface area is 111 Å². The maximum atomic E-state index is 9.34. The lowest BCUT2D eigenvalue weighted by Gasteiger charge is -2.10. The maximum Gasteiger partial charge on any atom is 0.115 e. The molecule has 0 amide bonds. The Morgan fingerprint density at radius 2 is 2.00 bits per heavy atom. The summed E-state index contributed by atoms with van der Waals surface area (Å²) in [7, 11) is 0. The third kappa shape index (κ3) is 2.71. The van der Waals surface area contributed by atoms with Gasteiger partial charge in [-0.15, -0.1) is 11.3 Å². The lowest BCUT2D eigenvalue weighted by molar-refractivity contribution is 0.475. The minimum absolute atomic E-state index is 0.280. The first kappa shape index (κ1) is 13.1. The van der Waals surface area contributed by atoms with E-state index in [0.717, 1.165) is 22.7 Å². The van der Waals surface area contributed by atoms with Crippen molar-refractivity contribution >= 4 is 11.3 Å². The molecule has 0 aliphatic rings. The number of rotatable bonds is 4. The molecule has 3 nitrogen and oxygen atoms in total. The van der Waals surface area contributed by atoms with Gasteiger partial charge >= 0.3 is 0 Å². The van der Waals surface area contributed by atoms with Crippen molar-refractivity contribution in [2.75, 3.05) is 6.54 Å². The summed E-state index contributed by atoms with van der Waals surface area (Å²) in [5, 5.41) is 10.4. The molecule has 1 heterocycles. The van der Waals surface area contributed by atoms with E-state index in [1.54, 1.807) is 23.5 Å². The number of aryl methyl sites for hydroxylation is 1. The van der Waals surface area contributed by atoms with Crippen molar-refractivity contribution in [2.24, 2.45) is 5.73 Å². The minimum Gasteiger partial charge on any atom is -0.508 e. The largest absolute Gasteiger partial charge is 0.508 e. The highest BCUT2D eigenvalue weighted by atomic mass is 32.1. The van der Waals surface area contributed by atoms with E-state index < -0.39 is 0 Å². The Bertz CT molecular complexity index is 519. The van der Waals surface area contributed by atoms with E-state index in [0.29, 0.717) is 12.5 Å². The maximum absolute atomic E-state index is 9.34. The third-order valence-electron chi connectivity index (χ3n) is 2.95. The van der Waals surface area contributed by atoms with Gasteiger partial charge in [-0.1, -0.05) is 6.92 Å². The van der Waals surface area contributed by atoms with Crippen LogP contribution in [0.5, 0.6) is 5.75 Å². The Morgan fingerprint density at radius 3 is 2.61 bits per heavy atom. The van der Waals surface area contributed by atoms with Crippen molar-refractivity contribution in [3.63, 3.8) is 0 Å². The van der Waals surface area contributed by atoms with E-state index in [4.69, 9.17) is 5.73 Å². The second-order valence-corrected chi connectivity index (χ2v) is 5.71. The molecule has 0 fully saturated rings. The molecule has 2 rings (SSSR count). The molecule has 0 aliphatic heterocycles. The molecule has 96 valence electrons. The highest BCUT2D eigenvalue weighted by Crippen LogP contribution is 2.35. The summed E-state index contributed by atoms with van der Waals surface area (Å²) >= 11 is 1.73. The summed E-state index contributed by atoms with van der Waals surface area (Å²) in [5.41, 5.74) is 7.71. The van der Waals surface area contributed by atoms with Gasteiger partial charge in [0.1, 0.15) is 5.75 Å². The summed E-state index contributed by atoms with van der Waals surface area (Å²) in [5.74, 6) is 0.701. The second-order valence-electron chi connectivity index (χ2n) is 4.47. The van der Waals surface area contributed by atoms with Crippen LogP contribution in [0, 0.1) is 6.92 Å². The van der Waals surface area contributed by atoms with Gasteiger partial charge < -0.3 is 10.8 Å². The van der Waals surface area contributed by atoms with Crippen molar-refractivity contribution in [3.8, 4) is 17.0 Å². The van der Waals surface area contributed by atoms with E-state index in [-0.39, 0.29) is 5.75 Å². The highest BCUT2D eigenvalue weighted by Gasteiger charge is 2.16. The quantitative estimate of drug-likeness (QED) is 0.889. The fourth-order valence-corrected chi connectivity index (χ4v) is 3.02. The first-order valence-electron chi connectivity index (χ1n) is 6.08. The molecule has 0 bridgehead atoms. The zero-order valence-electron chi connectivity index (χ0n) is 10.7. The van der Waals surface area contributed by atoms with Crippen LogP contribution in [-0.2, 0) is 0 Å². The average molecular weight is 262 g/mol. The van der Waals surface area contributed by atoms with Crippen molar-refractivity contribution in [3.05, 3.63) is 34.2 Å². The van der Waals surface area contributed by atoms with Gasteiger partial charge in [-0.05, 0) is 50.1 Å². The molecule has 0 saturated heterocycles. The lowest BCUT2D eigenvalue weighted by Crippen LogP contribution is -2.04. The zero-order chi connectivity index (χ0) is 13.1. The number of nitrogens with zero attached hydrogens (tertiary/aromatic N) is 1. The van der Waals surface area contributed by atoms with Gasteiger partial charge in [0.15, 0.2) is 0 Å². The van der Waals surface area contributed by atoms with Crippen molar-refractivity contribution in [1.82, 2.24) is 4.98 Å². The van der Waals surface area contributed by atoms with Crippen LogP contribution in [0.3, 0.4) is 0 Å². The van der Waals surface area contributed by atoms with Crippen LogP contribution >= 0.6 is 11.3 Å². The molecule has 1 aromatic carbocycles. The standard InChI is InChI=1S/C14H18N2OS/c1-9(7-8-15)14-13(16-10(2)18-14)11-3-5-12(17)6-4-11/h3-6,9,17H,7-8,15H2,1-2H3. The van der Waals surface area contributed by atoms with Crippen LogP contribution in [-0.4, -0.2) is 16.6 Å². The van der Waals surface area contributed by atoms with Gasteiger partial charge in [-0.2, -0.15) is 0 Å². The predicted molar refractivity (Wildman–Crippen MR) is 76.0 cm³/mol. The highest BCUT2D eigenvalue weighted by molar-refractivity contribution is 7.12. The van der Waals surface area contributed by atoms with Crippen LogP contribution in [0.2, 0.25) is 0 Å². The Morgan fingerprint density at radius 1 is 1.33 bits per heavy atom. The summed E-state index contributed by atoms with van der Waals surface area (Å²) in [6.45, 7) is 4.89. The van der Waals surface area contributed by atoms with Crippen LogP contribution < -0.4 is 5.73 Å². The number of hydrogen-bond acceptors (Lipinski definition) is 4. The summed E-state index contributed by atoms with van der Waals surface area (Å²) < 4.78 is 0. The van der Waals surface area contributed by atoms with Crippen molar-refractivity contribution in [1.29, 1.82) is 0 Å². The number of aromatic hydroxyl groups is 1. The number of hydrogen-bond donors (Lipinski definition) is 2. The predicted octanol–water partition coefficient (Wildman–Crippen LogP) is 3.28. The van der Waals surface area contributed by atoms with Crippen LogP contribution in [0.1, 0.15) is 29.1 Å². The Hall–Kier alpha value is -1.39. The zero-order valence-corrected chi connectivity index (χ0v) is 11.5. The molecule has 2 aromatic rings. The molecule has 4 heteroatoms.